The third-order valence-corrected chi connectivity index (χ3v) is 2.62. The molecular weight excluding hydrogens is 236 g/mol. The molecule has 0 saturated carbocycles. The maximum Gasteiger partial charge on any atom is 0.123 e. The molecule has 3 heteroatoms. The lowest BCUT2D eigenvalue weighted by Crippen LogP contribution is -1.94. The fourth-order valence-corrected chi connectivity index (χ4v) is 1.85. The zero-order chi connectivity index (χ0) is 8.97. The van der Waals surface area contributed by atoms with Crippen LogP contribution in [0.2, 0.25) is 0 Å². The van der Waals surface area contributed by atoms with E-state index >= 15 is 0 Å². The molecule has 0 aliphatic carbocycles. The maximum absolute atomic E-state index is 5.21. The molecule has 1 rings (SSSR count). The van der Waals surface area contributed by atoms with Crippen molar-refractivity contribution in [3.63, 3.8) is 0 Å². The van der Waals surface area contributed by atoms with Crippen LogP contribution in [0.25, 0.3) is 0 Å². The van der Waals surface area contributed by atoms with Crippen LogP contribution in [0.15, 0.2) is 22.7 Å². The first-order valence-electron chi connectivity index (χ1n) is 3.72. The smallest absolute Gasteiger partial charge is 0.123 e. The van der Waals surface area contributed by atoms with Crippen molar-refractivity contribution in [2.45, 2.75) is 6.42 Å². The fourth-order valence-electron chi connectivity index (χ4n) is 1.08. The molecule has 0 atom stereocenters. The molecule has 0 fully saturated rings. The van der Waals surface area contributed by atoms with Crippen molar-refractivity contribution in [1.29, 1.82) is 0 Å². The molecule has 12 heavy (non-hydrogen) atoms. The highest BCUT2D eigenvalue weighted by atomic mass is 79.9. The van der Waals surface area contributed by atoms with Gasteiger partial charge in [0.1, 0.15) is 5.75 Å². The lowest BCUT2D eigenvalue weighted by Gasteiger charge is -2.08. The minimum Gasteiger partial charge on any atom is -0.496 e. The molecule has 0 aliphatic rings. The molecule has 0 radical (unpaired) electrons. The molecule has 1 aromatic rings. The number of thiol groups is 1. The first-order valence-corrected chi connectivity index (χ1v) is 5.14. The van der Waals surface area contributed by atoms with Gasteiger partial charge < -0.3 is 4.74 Å². The van der Waals surface area contributed by atoms with E-state index in [0.29, 0.717) is 0 Å². The zero-order valence-electron chi connectivity index (χ0n) is 6.88. The Morgan fingerprint density at radius 1 is 1.50 bits per heavy atom. The molecule has 0 heterocycles. The van der Waals surface area contributed by atoms with Crippen molar-refractivity contribution >= 4 is 28.6 Å². The van der Waals surface area contributed by atoms with Gasteiger partial charge in [-0.25, -0.2) is 0 Å². The SMILES string of the molecule is COc1cccc(Br)c1CCS. The van der Waals surface area contributed by atoms with Crippen LogP contribution in [0.4, 0.5) is 0 Å². The molecule has 0 spiro atoms. The van der Waals surface area contributed by atoms with Crippen molar-refractivity contribution in [2.75, 3.05) is 12.9 Å². The molecule has 0 aliphatic heterocycles. The normalized spacial score (nSPS) is 9.92. The van der Waals surface area contributed by atoms with E-state index in [9.17, 15) is 0 Å². The zero-order valence-corrected chi connectivity index (χ0v) is 9.36. The van der Waals surface area contributed by atoms with Gasteiger partial charge in [-0.3, -0.25) is 0 Å². The molecule has 1 nitrogen and oxygen atoms in total. The van der Waals surface area contributed by atoms with E-state index in [1.54, 1.807) is 7.11 Å². The van der Waals surface area contributed by atoms with Crippen LogP contribution in [0, 0.1) is 0 Å². The van der Waals surface area contributed by atoms with Crippen LogP contribution < -0.4 is 4.74 Å². The second-order valence-corrected chi connectivity index (χ2v) is 3.70. The molecule has 0 bridgehead atoms. The number of rotatable bonds is 3. The number of halogens is 1. The van der Waals surface area contributed by atoms with E-state index in [-0.39, 0.29) is 0 Å². The number of benzene rings is 1. The minimum absolute atomic E-state index is 0.832. The Labute approximate surface area is 86.7 Å². The summed E-state index contributed by atoms with van der Waals surface area (Å²) in [5.74, 6) is 1.76. The van der Waals surface area contributed by atoms with Crippen LogP contribution in [-0.4, -0.2) is 12.9 Å². The minimum atomic E-state index is 0.832. The molecule has 0 aromatic heterocycles. The van der Waals surface area contributed by atoms with Crippen molar-refractivity contribution in [3.8, 4) is 5.75 Å². The molecular formula is C9H11BrOS. The van der Waals surface area contributed by atoms with Gasteiger partial charge in [-0.2, -0.15) is 12.6 Å². The topological polar surface area (TPSA) is 9.23 Å². The van der Waals surface area contributed by atoms with Gasteiger partial charge in [-0.15, -0.1) is 0 Å². The highest BCUT2D eigenvalue weighted by Gasteiger charge is 2.04. The van der Waals surface area contributed by atoms with Crippen molar-refractivity contribution in [2.24, 2.45) is 0 Å². The lowest BCUT2D eigenvalue weighted by molar-refractivity contribution is 0.410. The fraction of sp³-hybridized carbons (Fsp3) is 0.333. The molecule has 0 unspecified atom stereocenters. The number of hydrogen-bond acceptors (Lipinski definition) is 2. The number of ether oxygens (including phenoxy) is 1. The molecule has 66 valence electrons. The van der Waals surface area contributed by atoms with E-state index in [1.165, 1.54) is 5.56 Å². The first-order chi connectivity index (χ1) is 5.79. The second kappa shape index (κ2) is 4.77. The maximum atomic E-state index is 5.21. The summed E-state index contributed by atoms with van der Waals surface area (Å²) in [5, 5.41) is 0. The largest absolute Gasteiger partial charge is 0.496 e. The first kappa shape index (κ1) is 9.93. The van der Waals surface area contributed by atoms with Gasteiger partial charge in [0, 0.05) is 10.0 Å². The van der Waals surface area contributed by atoms with E-state index in [0.717, 1.165) is 22.4 Å². The molecule has 0 N–H and O–H groups in total. The Hall–Kier alpha value is -0.150. The standard InChI is InChI=1S/C9H11BrOS/c1-11-9-4-2-3-8(10)7(9)5-6-12/h2-4,12H,5-6H2,1H3. The van der Waals surface area contributed by atoms with Gasteiger partial charge in [-0.05, 0) is 24.3 Å². The Morgan fingerprint density at radius 2 is 2.25 bits per heavy atom. The van der Waals surface area contributed by atoms with Gasteiger partial charge in [-0.1, -0.05) is 22.0 Å². The second-order valence-electron chi connectivity index (χ2n) is 2.39. The number of hydrogen-bond donors (Lipinski definition) is 1. The Morgan fingerprint density at radius 3 is 2.83 bits per heavy atom. The van der Waals surface area contributed by atoms with E-state index in [2.05, 4.69) is 28.6 Å². The quantitative estimate of drug-likeness (QED) is 0.808. The Balaban J connectivity index is 3.02. The summed E-state index contributed by atoms with van der Waals surface area (Å²) in [6.07, 6.45) is 0.924. The molecule has 0 saturated heterocycles. The van der Waals surface area contributed by atoms with Crippen LogP contribution >= 0.6 is 28.6 Å². The van der Waals surface area contributed by atoms with Gasteiger partial charge in [0.2, 0.25) is 0 Å². The summed E-state index contributed by atoms with van der Waals surface area (Å²) in [7, 11) is 1.68. The summed E-state index contributed by atoms with van der Waals surface area (Å²) in [6, 6.07) is 5.94. The summed E-state index contributed by atoms with van der Waals surface area (Å²) in [5.41, 5.74) is 1.19. The van der Waals surface area contributed by atoms with E-state index < -0.39 is 0 Å². The Kier molecular flexibility index (Phi) is 3.95. The van der Waals surface area contributed by atoms with E-state index in [4.69, 9.17) is 4.74 Å². The number of methoxy groups -OCH3 is 1. The summed E-state index contributed by atoms with van der Waals surface area (Å²) >= 11 is 7.66. The molecule has 1 aromatic carbocycles. The summed E-state index contributed by atoms with van der Waals surface area (Å²) < 4.78 is 6.31. The monoisotopic (exact) mass is 246 g/mol. The predicted molar refractivity (Wildman–Crippen MR) is 58.3 cm³/mol. The van der Waals surface area contributed by atoms with Crippen molar-refractivity contribution < 1.29 is 4.74 Å². The highest BCUT2D eigenvalue weighted by molar-refractivity contribution is 9.10. The van der Waals surface area contributed by atoms with Crippen LogP contribution in [-0.2, 0) is 6.42 Å². The van der Waals surface area contributed by atoms with Crippen LogP contribution in [0.5, 0.6) is 5.75 Å². The predicted octanol–water partition coefficient (Wildman–Crippen LogP) is 2.93. The average molecular weight is 247 g/mol. The van der Waals surface area contributed by atoms with Crippen molar-refractivity contribution in [3.05, 3.63) is 28.2 Å². The average Bonchev–Trinajstić information content (AvgIpc) is 2.09. The van der Waals surface area contributed by atoms with E-state index in [1.807, 2.05) is 18.2 Å². The Bertz CT molecular complexity index is 263. The van der Waals surface area contributed by atoms with Gasteiger partial charge >= 0.3 is 0 Å². The van der Waals surface area contributed by atoms with Gasteiger partial charge in [0.05, 0.1) is 7.11 Å². The summed E-state index contributed by atoms with van der Waals surface area (Å²) in [6.45, 7) is 0. The summed E-state index contributed by atoms with van der Waals surface area (Å²) in [4.78, 5) is 0. The third kappa shape index (κ3) is 2.17. The van der Waals surface area contributed by atoms with Gasteiger partial charge in [0.15, 0.2) is 0 Å². The lowest BCUT2D eigenvalue weighted by atomic mass is 10.1. The van der Waals surface area contributed by atoms with Gasteiger partial charge in [0.25, 0.3) is 0 Å². The highest BCUT2D eigenvalue weighted by Crippen LogP contribution is 2.26. The van der Waals surface area contributed by atoms with Crippen LogP contribution in [0.3, 0.4) is 0 Å². The van der Waals surface area contributed by atoms with Crippen molar-refractivity contribution in [1.82, 2.24) is 0 Å². The van der Waals surface area contributed by atoms with Crippen LogP contribution in [0.1, 0.15) is 5.56 Å². The third-order valence-electron chi connectivity index (χ3n) is 1.66. The molecule has 0 amide bonds.